The van der Waals surface area contributed by atoms with Gasteiger partial charge in [-0.1, -0.05) is 12.1 Å². The minimum atomic E-state index is -1.06. The maximum absolute atomic E-state index is 12.8. The Morgan fingerprint density at radius 3 is 2.33 bits per heavy atom. The number of hydrogen-bond acceptors (Lipinski definition) is 7. The zero-order valence-corrected chi connectivity index (χ0v) is 14.8. The van der Waals surface area contributed by atoms with Gasteiger partial charge in [0.05, 0.1) is 30.9 Å². The molecule has 0 heterocycles. The largest absolute Gasteiger partial charge is 0.507 e. The fourth-order valence-corrected chi connectivity index (χ4v) is 3.12. The van der Waals surface area contributed by atoms with Crippen molar-refractivity contribution in [3.63, 3.8) is 0 Å². The number of ketones is 2. The van der Waals surface area contributed by atoms with E-state index >= 15 is 0 Å². The Balaban J connectivity index is 2.43. The minimum absolute atomic E-state index is 0.00644. The third-order valence-electron chi connectivity index (χ3n) is 4.32. The van der Waals surface area contributed by atoms with Crippen LogP contribution in [0.5, 0.6) is 11.5 Å². The van der Waals surface area contributed by atoms with Gasteiger partial charge in [-0.2, -0.15) is 0 Å². The molecule has 0 aliphatic heterocycles. The number of phenolic OH excluding ortho intramolecular Hbond substituents is 1. The van der Waals surface area contributed by atoms with E-state index in [9.17, 15) is 24.6 Å². The van der Waals surface area contributed by atoms with Crippen LogP contribution in [-0.4, -0.2) is 42.0 Å². The lowest BCUT2D eigenvalue weighted by molar-refractivity contribution is -0.110. The zero-order chi connectivity index (χ0) is 19.9. The number of hydrogen-bond donors (Lipinski definition) is 2. The first kappa shape index (κ1) is 18.2. The number of aromatic hydroxyl groups is 1. The number of benzene rings is 2. The first-order valence-electron chi connectivity index (χ1n) is 7.93. The molecule has 0 fully saturated rings. The molecule has 3 rings (SSSR count). The van der Waals surface area contributed by atoms with Gasteiger partial charge < -0.3 is 19.7 Å². The molecule has 2 aromatic carbocycles. The maximum atomic E-state index is 12.8. The van der Waals surface area contributed by atoms with Crippen molar-refractivity contribution in [3.05, 3.63) is 58.1 Å². The van der Waals surface area contributed by atoms with Crippen LogP contribution in [0.25, 0.3) is 11.3 Å². The highest BCUT2D eigenvalue weighted by atomic mass is 16.5. The second-order valence-electron chi connectivity index (χ2n) is 5.96. The molecule has 0 aromatic heterocycles. The number of aryl methyl sites for hydroxylation is 1. The summed E-state index contributed by atoms with van der Waals surface area (Å²) in [6.07, 6.45) is 0. The third-order valence-corrected chi connectivity index (χ3v) is 4.32. The molecule has 7 heteroatoms. The molecule has 0 atom stereocenters. The smallest absolute Gasteiger partial charge is 0.338 e. The highest BCUT2D eigenvalue weighted by Gasteiger charge is 2.38. The van der Waals surface area contributed by atoms with Gasteiger partial charge >= 0.3 is 5.97 Å². The first-order chi connectivity index (χ1) is 12.8. The molecule has 0 amide bonds. The van der Waals surface area contributed by atoms with Gasteiger partial charge in [-0.25, -0.2) is 4.79 Å². The number of ether oxygens (including phenoxy) is 2. The number of allylic oxidation sites excluding steroid dienone is 1. The minimum Gasteiger partial charge on any atom is -0.507 e. The number of aliphatic hydroxyl groups is 1. The number of aliphatic hydroxyl groups excluding tert-OH is 1. The number of Topliss-reactive ketones (excluding diaryl/α,β-unsaturated/α-hetero) is 2. The van der Waals surface area contributed by atoms with Crippen molar-refractivity contribution in [2.75, 3.05) is 14.2 Å². The van der Waals surface area contributed by atoms with Crippen LogP contribution in [-0.2, 0) is 9.53 Å². The maximum Gasteiger partial charge on any atom is 0.338 e. The third kappa shape index (κ3) is 2.73. The van der Waals surface area contributed by atoms with Gasteiger partial charge in [0, 0.05) is 11.1 Å². The molecular formula is C20H16O7. The van der Waals surface area contributed by atoms with Crippen molar-refractivity contribution >= 4 is 28.9 Å². The van der Waals surface area contributed by atoms with Crippen molar-refractivity contribution in [1.82, 2.24) is 0 Å². The van der Waals surface area contributed by atoms with Crippen LogP contribution >= 0.6 is 0 Å². The standard InChI is InChI=1S/C20H16O7/c1-9-7-11(20(25)27-3)15(13(8-9)26-2)16-17(22)10-5-4-6-12(21)14(10)18(23)19(16)24/h4-8,21-22H,1-3H3. The van der Waals surface area contributed by atoms with Gasteiger partial charge in [-0.15, -0.1) is 0 Å². The van der Waals surface area contributed by atoms with E-state index in [0.717, 1.165) is 0 Å². The van der Waals surface area contributed by atoms with Gasteiger partial charge in [0.1, 0.15) is 17.3 Å². The fraction of sp³-hybridized carbons (Fsp3) is 0.150. The molecule has 2 N–H and O–H groups in total. The summed E-state index contributed by atoms with van der Waals surface area (Å²) in [6, 6.07) is 7.11. The topological polar surface area (TPSA) is 110 Å². The number of esters is 1. The van der Waals surface area contributed by atoms with E-state index in [1.807, 2.05) is 0 Å². The van der Waals surface area contributed by atoms with Gasteiger partial charge in [-0.05, 0) is 30.7 Å². The van der Waals surface area contributed by atoms with Crippen LogP contribution in [0.1, 0.15) is 37.4 Å². The van der Waals surface area contributed by atoms with Crippen molar-refractivity contribution < 1.29 is 34.1 Å². The molecule has 2 aromatic rings. The number of carbonyl (C=O) groups is 3. The van der Waals surface area contributed by atoms with Crippen molar-refractivity contribution in [2.24, 2.45) is 0 Å². The summed E-state index contributed by atoms with van der Waals surface area (Å²) in [6.45, 7) is 1.72. The lowest BCUT2D eigenvalue weighted by Crippen LogP contribution is -2.25. The average molecular weight is 368 g/mol. The summed E-state index contributed by atoms with van der Waals surface area (Å²) in [5, 5.41) is 20.7. The van der Waals surface area contributed by atoms with Crippen LogP contribution in [0.15, 0.2) is 30.3 Å². The normalized spacial score (nSPS) is 13.4. The number of rotatable bonds is 3. The van der Waals surface area contributed by atoms with Gasteiger partial charge in [-0.3, -0.25) is 9.59 Å². The summed E-state index contributed by atoms with van der Waals surface area (Å²) in [7, 11) is 2.52. The summed E-state index contributed by atoms with van der Waals surface area (Å²) in [5.41, 5.74) is -0.0815. The fourth-order valence-electron chi connectivity index (χ4n) is 3.12. The molecule has 0 saturated heterocycles. The number of carbonyl (C=O) groups excluding carboxylic acids is 3. The molecule has 1 aliphatic carbocycles. The Labute approximate surface area is 154 Å². The Bertz CT molecular complexity index is 1030. The lowest BCUT2D eigenvalue weighted by Gasteiger charge is -2.22. The summed E-state index contributed by atoms with van der Waals surface area (Å²) in [5.74, 6) is -3.63. The molecule has 0 bridgehead atoms. The van der Waals surface area contributed by atoms with Crippen LogP contribution < -0.4 is 4.74 Å². The Kier molecular flexibility index (Phi) is 4.45. The first-order valence-corrected chi connectivity index (χ1v) is 7.93. The van der Waals surface area contributed by atoms with E-state index in [4.69, 9.17) is 9.47 Å². The van der Waals surface area contributed by atoms with E-state index < -0.39 is 29.0 Å². The van der Waals surface area contributed by atoms with Gasteiger partial charge in [0.2, 0.25) is 11.6 Å². The molecular weight excluding hydrogens is 352 g/mol. The second-order valence-corrected chi connectivity index (χ2v) is 5.96. The van der Waals surface area contributed by atoms with Crippen molar-refractivity contribution in [3.8, 4) is 11.5 Å². The van der Waals surface area contributed by atoms with Crippen LogP contribution in [0.3, 0.4) is 0 Å². The molecule has 27 heavy (non-hydrogen) atoms. The number of fused-ring (bicyclic) bond motifs is 1. The van der Waals surface area contributed by atoms with E-state index in [0.29, 0.717) is 5.56 Å². The van der Waals surface area contributed by atoms with Gasteiger partial charge in [0.15, 0.2) is 0 Å². The van der Waals surface area contributed by atoms with E-state index in [1.54, 1.807) is 13.0 Å². The van der Waals surface area contributed by atoms with E-state index in [1.165, 1.54) is 38.5 Å². The summed E-state index contributed by atoms with van der Waals surface area (Å²) >= 11 is 0. The van der Waals surface area contributed by atoms with Crippen molar-refractivity contribution in [1.29, 1.82) is 0 Å². The molecule has 0 unspecified atom stereocenters. The second kappa shape index (κ2) is 6.60. The predicted molar refractivity (Wildman–Crippen MR) is 96.0 cm³/mol. The van der Waals surface area contributed by atoms with Gasteiger partial charge in [0.25, 0.3) is 0 Å². The summed E-state index contributed by atoms with van der Waals surface area (Å²) < 4.78 is 10.1. The highest BCUT2D eigenvalue weighted by Crippen LogP contribution is 2.41. The highest BCUT2D eigenvalue weighted by molar-refractivity contribution is 6.62. The van der Waals surface area contributed by atoms with Crippen LogP contribution in [0, 0.1) is 6.92 Å². The summed E-state index contributed by atoms with van der Waals surface area (Å²) in [4.78, 5) is 37.6. The Hall–Kier alpha value is -3.61. The van der Waals surface area contributed by atoms with E-state index in [2.05, 4.69) is 0 Å². The molecule has 0 radical (unpaired) electrons. The Morgan fingerprint density at radius 1 is 1.00 bits per heavy atom. The molecule has 0 saturated carbocycles. The number of methoxy groups -OCH3 is 2. The average Bonchev–Trinajstić information content (AvgIpc) is 2.66. The molecule has 7 nitrogen and oxygen atoms in total. The monoisotopic (exact) mass is 368 g/mol. The SMILES string of the molecule is COC(=O)c1cc(C)cc(OC)c1C1=C(O)c2cccc(O)c2C(=O)C1=O. The zero-order valence-electron chi connectivity index (χ0n) is 14.8. The van der Waals surface area contributed by atoms with Crippen LogP contribution in [0.4, 0.5) is 0 Å². The Morgan fingerprint density at radius 2 is 1.70 bits per heavy atom. The van der Waals surface area contributed by atoms with Crippen LogP contribution in [0.2, 0.25) is 0 Å². The lowest BCUT2D eigenvalue weighted by atomic mass is 9.82. The molecule has 138 valence electrons. The predicted octanol–water partition coefficient (Wildman–Crippen LogP) is 2.69. The number of phenols is 1. The van der Waals surface area contributed by atoms with Crippen molar-refractivity contribution in [2.45, 2.75) is 6.92 Å². The molecule has 0 spiro atoms. The molecule has 1 aliphatic rings. The van der Waals surface area contributed by atoms with E-state index in [-0.39, 0.29) is 33.6 Å². The quantitative estimate of drug-likeness (QED) is 0.633.